The molecule has 0 heterocycles. The number of hydrogen-bond acceptors (Lipinski definition) is 2. The van der Waals surface area contributed by atoms with Crippen LogP contribution in [0.25, 0.3) is 10.8 Å². The van der Waals surface area contributed by atoms with Crippen molar-refractivity contribution in [3.05, 3.63) is 35.9 Å². The van der Waals surface area contributed by atoms with Crippen molar-refractivity contribution in [1.82, 2.24) is 0 Å². The maximum atomic E-state index is 6.05. The fourth-order valence-electron chi connectivity index (χ4n) is 2.73. The van der Waals surface area contributed by atoms with Gasteiger partial charge < -0.3 is 9.47 Å². The number of benzene rings is 2. The first kappa shape index (κ1) is 17.0. The number of aryl methyl sites for hydroxylation is 1. The standard InChI is InChI=1S/C19H25ClO2/c1-3-15-14-18(22-13-9-5-4-8-12-20)16-10-6-7-11-17(16)19(15)21-2/h6-7,10-11,14H,3-5,8-9,12-13H2,1-2H3. The molecule has 2 rings (SSSR count). The molecule has 3 heteroatoms. The lowest BCUT2D eigenvalue weighted by Crippen LogP contribution is -2.00. The van der Waals surface area contributed by atoms with Crippen molar-refractivity contribution in [2.75, 3.05) is 19.6 Å². The molecular weight excluding hydrogens is 296 g/mol. The van der Waals surface area contributed by atoms with Gasteiger partial charge in [-0.3, -0.25) is 0 Å². The molecule has 0 aliphatic rings. The Labute approximate surface area is 138 Å². The highest BCUT2D eigenvalue weighted by Crippen LogP contribution is 2.37. The van der Waals surface area contributed by atoms with Gasteiger partial charge in [0.2, 0.25) is 0 Å². The van der Waals surface area contributed by atoms with E-state index in [1.54, 1.807) is 7.11 Å². The van der Waals surface area contributed by atoms with Crippen molar-refractivity contribution in [3.8, 4) is 11.5 Å². The van der Waals surface area contributed by atoms with Gasteiger partial charge in [-0.1, -0.05) is 44.0 Å². The second-order valence-corrected chi connectivity index (χ2v) is 5.80. The van der Waals surface area contributed by atoms with E-state index in [4.69, 9.17) is 21.1 Å². The predicted molar refractivity (Wildman–Crippen MR) is 94.6 cm³/mol. The van der Waals surface area contributed by atoms with Gasteiger partial charge in [-0.25, -0.2) is 0 Å². The van der Waals surface area contributed by atoms with Crippen LogP contribution in [0.1, 0.15) is 38.2 Å². The fraction of sp³-hybridized carbons (Fsp3) is 0.474. The van der Waals surface area contributed by atoms with Gasteiger partial charge in [-0.2, -0.15) is 0 Å². The van der Waals surface area contributed by atoms with Crippen LogP contribution in [0.4, 0.5) is 0 Å². The Morgan fingerprint density at radius 2 is 1.73 bits per heavy atom. The van der Waals surface area contributed by atoms with Crippen molar-refractivity contribution in [3.63, 3.8) is 0 Å². The zero-order chi connectivity index (χ0) is 15.8. The van der Waals surface area contributed by atoms with Gasteiger partial charge in [0.1, 0.15) is 11.5 Å². The first-order valence-corrected chi connectivity index (χ1v) is 8.62. The highest BCUT2D eigenvalue weighted by atomic mass is 35.5. The van der Waals surface area contributed by atoms with Gasteiger partial charge in [-0.15, -0.1) is 11.6 Å². The average Bonchev–Trinajstić information content (AvgIpc) is 2.57. The number of fused-ring (bicyclic) bond motifs is 1. The molecule has 0 saturated carbocycles. The molecule has 0 aliphatic carbocycles. The normalized spacial score (nSPS) is 10.9. The van der Waals surface area contributed by atoms with E-state index in [2.05, 4.69) is 25.1 Å². The molecule has 0 aliphatic heterocycles. The number of ether oxygens (including phenoxy) is 2. The number of halogens is 1. The van der Waals surface area contributed by atoms with Crippen LogP contribution in [0.3, 0.4) is 0 Å². The molecule has 0 spiro atoms. The van der Waals surface area contributed by atoms with E-state index >= 15 is 0 Å². The third-order valence-electron chi connectivity index (χ3n) is 3.90. The maximum absolute atomic E-state index is 6.05. The van der Waals surface area contributed by atoms with Crippen LogP contribution in [0, 0.1) is 0 Å². The topological polar surface area (TPSA) is 18.5 Å². The molecule has 22 heavy (non-hydrogen) atoms. The quantitative estimate of drug-likeness (QED) is 0.443. The third-order valence-corrected chi connectivity index (χ3v) is 4.17. The van der Waals surface area contributed by atoms with Crippen LogP contribution in [-0.2, 0) is 6.42 Å². The van der Waals surface area contributed by atoms with Crippen LogP contribution in [0.2, 0.25) is 0 Å². The third kappa shape index (κ3) is 4.07. The summed E-state index contributed by atoms with van der Waals surface area (Å²) in [6.07, 6.45) is 5.43. The predicted octanol–water partition coefficient (Wildman–Crippen LogP) is 5.59. The molecule has 0 radical (unpaired) electrons. The summed E-state index contributed by atoms with van der Waals surface area (Å²) in [7, 11) is 1.73. The SMILES string of the molecule is CCc1cc(OCCCCCCCl)c2ccccc2c1OC. The van der Waals surface area contributed by atoms with E-state index < -0.39 is 0 Å². The Hall–Kier alpha value is -1.41. The zero-order valence-corrected chi connectivity index (χ0v) is 14.3. The molecule has 2 nitrogen and oxygen atoms in total. The Bertz CT molecular complexity index is 595. The summed E-state index contributed by atoms with van der Waals surface area (Å²) in [5.74, 6) is 2.68. The molecule has 2 aromatic rings. The summed E-state index contributed by atoms with van der Waals surface area (Å²) >= 11 is 5.69. The van der Waals surface area contributed by atoms with Crippen LogP contribution >= 0.6 is 11.6 Å². The Kier molecular flexibility index (Phi) is 6.85. The highest BCUT2D eigenvalue weighted by Gasteiger charge is 2.12. The minimum Gasteiger partial charge on any atom is -0.496 e. The molecule has 120 valence electrons. The highest BCUT2D eigenvalue weighted by molar-refractivity contribution is 6.17. The van der Waals surface area contributed by atoms with Gasteiger partial charge in [0.15, 0.2) is 0 Å². The molecule has 0 amide bonds. The van der Waals surface area contributed by atoms with Crippen LogP contribution in [0.15, 0.2) is 30.3 Å². The lowest BCUT2D eigenvalue weighted by Gasteiger charge is -2.15. The average molecular weight is 321 g/mol. The number of alkyl halides is 1. The molecule has 0 N–H and O–H groups in total. The lowest BCUT2D eigenvalue weighted by molar-refractivity contribution is 0.308. The van der Waals surface area contributed by atoms with Crippen LogP contribution in [0.5, 0.6) is 11.5 Å². The van der Waals surface area contributed by atoms with Crippen molar-refractivity contribution in [2.45, 2.75) is 39.0 Å². The Balaban J connectivity index is 2.15. The van der Waals surface area contributed by atoms with Gasteiger partial charge >= 0.3 is 0 Å². The van der Waals surface area contributed by atoms with Gasteiger partial charge in [0.25, 0.3) is 0 Å². The maximum Gasteiger partial charge on any atom is 0.130 e. The molecule has 0 saturated heterocycles. The van der Waals surface area contributed by atoms with Gasteiger partial charge in [0.05, 0.1) is 13.7 Å². The molecule has 0 bridgehead atoms. The summed E-state index contributed by atoms with van der Waals surface area (Å²) < 4.78 is 11.7. The number of unbranched alkanes of at least 4 members (excludes halogenated alkanes) is 3. The second kappa shape index (κ2) is 8.89. The molecule has 0 aromatic heterocycles. The minimum absolute atomic E-state index is 0.752. The van der Waals surface area contributed by atoms with Gasteiger partial charge in [0, 0.05) is 16.7 Å². The number of hydrogen-bond donors (Lipinski definition) is 0. The second-order valence-electron chi connectivity index (χ2n) is 5.42. The van der Waals surface area contributed by atoms with E-state index in [0.717, 1.165) is 54.0 Å². The van der Waals surface area contributed by atoms with Crippen molar-refractivity contribution in [2.24, 2.45) is 0 Å². The zero-order valence-electron chi connectivity index (χ0n) is 13.5. The summed E-state index contributed by atoms with van der Waals surface area (Å²) in [6, 6.07) is 10.4. The lowest BCUT2D eigenvalue weighted by atomic mass is 10.0. The molecule has 0 fully saturated rings. The Morgan fingerprint density at radius 3 is 2.41 bits per heavy atom. The monoisotopic (exact) mass is 320 g/mol. The largest absolute Gasteiger partial charge is 0.496 e. The van der Waals surface area contributed by atoms with E-state index in [9.17, 15) is 0 Å². The first-order chi connectivity index (χ1) is 10.8. The molecule has 0 atom stereocenters. The summed E-state index contributed by atoms with van der Waals surface area (Å²) in [6.45, 7) is 2.89. The van der Waals surface area contributed by atoms with Gasteiger partial charge in [-0.05, 0) is 30.9 Å². The summed E-state index contributed by atoms with van der Waals surface area (Å²) in [4.78, 5) is 0. The number of methoxy groups -OCH3 is 1. The number of rotatable bonds is 9. The fourth-order valence-corrected chi connectivity index (χ4v) is 2.91. The Morgan fingerprint density at radius 1 is 1.00 bits per heavy atom. The first-order valence-electron chi connectivity index (χ1n) is 8.09. The molecule has 0 unspecified atom stereocenters. The van der Waals surface area contributed by atoms with E-state index in [1.165, 1.54) is 18.4 Å². The molecule has 2 aromatic carbocycles. The van der Waals surface area contributed by atoms with Crippen LogP contribution < -0.4 is 9.47 Å². The smallest absolute Gasteiger partial charge is 0.130 e. The van der Waals surface area contributed by atoms with Crippen molar-refractivity contribution in [1.29, 1.82) is 0 Å². The minimum atomic E-state index is 0.752. The summed E-state index contributed by atoms with van der Waals surface area (Å²) in [5.41, 5.74) is 1.19. The van der Waals surface area contributed by atoms with E-state index in [-0.39, 0.29) is 0 Å². The van der Waals surface area contributed by atoms with Crippen molar-refractivity contribution >= 4 is 22.4 Å². The molecular formula is C19H25ClO2. The van der Waals surface area contributed by atoms with Crippen LogP contribution in [-0.4, -0.2) is 19.6 Å². The summed E-state index contributed by atoms with van der Waals surface area (Å²) in [5, 5.41) is 2.25. The van der Waals surface area contributed by atoms with E-state index in [1.807, 2.05) is 12.1 Å². The van der Waals surface area contributed by atoms with Crippen molar-refractivity contribution < 1.29 is 9.47 Å². The van der Waals surface area contributed by atoms with E-state index in [0.29, 0.717) is 0 Å².